The molecule has 1 aromatic carbocycles. The van der Waals surface area contributed by atoms with Crippen molar-refractivity contribution in [2.45, 2.75) is 27.2 Å². The van der Waals surface area contributed by atoms with Gasteiger partial charge < -0.3 is 4.98 Å². The molecule has 0 radical (unpaired) electrons. The zero-order chi connectivity index (χ0) is 9.42. The summed E-state index contributed by atoms with van der Waals surface area (Å²) in [6.45, 7) is 6.31. The Morgan fingerprint density at radius 3 is 2.77 bits per heavy atom. The van der Waals surface area contributed by atoms with Crippen LogP contribution >= 0.6 is 0 Å². The van der Waals surface area contributed by atoms with Gasteiger partial charge in [-0.3, -0.25) is 0 Å². The SMILES string of the molecule is CCc1c(C)ccc2[nH]c(C)nc12. The van der Waals surface area contributed by atoms with Crippen LogP contribution in [0.3, 0.4) is 0 Å². The van der Waals surface area contributed by atoms with Crippen LogP contribution in [0.4, 0.5) is 0 Å². The number of nitrogens with zero attached hydrogens (tertiary/aromatic N) is 1. The standard InChI is InChI=1S/C11H14N2/c1-4-9-7(2)5-6-10-11(9)13-8(3)12-10/h5-6H,4H2,1-3H3,(H,12,13). The molecule has 1 aromatic heterocycles. The average molecular weight is 174 g/mol. The molecular formula is C11H14N2. The van der Waals surface area contributed by atoms with Gasteiger partial charge >= 0.3 is 0 Å². The van der Waals surface area contributed by atoms with E-state index >= 15 is 0 Å². The number of benzene rings is 1. The lowest BCUT2D eigenvalue weighted by Crippen LogP contribution is -1.87. The fourth-order valence-corrected chi connectivity index (χ4v) is 1.80. The van der Waals surface area contributed by atoms with E-state index in [1.807, 2.05) is 6.92 Å². The fourth-order valence-electron chi connectivity index (χ4n) is 1.80. The topological polar surface area (TPSA) is 28.7 Å². The molecule has 13 heavy (non-hydrogen) atoms. The third kappa shape index (κ3) is 1.22. The van der Waals surface area contributed by atoms with Crippen LogP contribution in [-0.2, 0) is 6.42 Å². The number of rotatable bonds is 1. The van der Waals surface area contributed by atoms with Gasteiger partial charge in [0.1, 0.15) is 5.82 Å². The maximum atomic E-state index is 4.49. The lowest BCUT2D eigenvalue weighted by Gasteiger charge is -2.02. The second kappa shape index (κ2) is 2.87. The van der Waals surface area contributed by atoms with Crippen LogP contribution in [0.2, 0.25) is 0 Å². The summed E-state index contributed by atoms with van der Waals surface area (Å²) in [6.07, 6.45) is 1.05. The van der Waals surface area contributed by atoms with Crippen LogP contribution in [0.15, 0.2) is 12.1 Å². The van der Waals surface area contributed by atoms with Gasteiger partial charge in [-0.2, -0.15) is 0 Å². The minimum absolute atomic E-state index is 0.996. The number of hydrogen-bond donors (Lipinski definition) is 1. The predicted octanol–water partition coefficient (Wildman–Crippen LogP) is 2.74. The average Bonchev–Trinajstić information content (AvgIpc) is 2.45. The number of hydrogen-bond acceptors (Lipinski definition) is 1. The van der Waals surface area contributed by atoms with Gasteiger partial charge in [-0.1, -0.05) is 13.0 Å². The summed E-state index contributed by atoms with van der Waals surface area (Å²) in [5.41, 5.74) is 4.99. The maximum absolute atomic E-state index is 4.49. The molecule has 1 N–H and O–H groups in total. The van der Waals surface area contributed by atoms with E-state index in [9.17, 15) is 0 Å². The van der Waals surface area contributed by atoms with Crippen LogP contribution in [0.25, 0.3) is 11.0 Å². The van der Waals surface area contributed by atoms with E-state index in [2.05, 4.69) is 35.9 Å². The van der Waals surface area contributed by atoms with Crippen molar-refractivity contribution in [1.29, 1.82) is 0 Å². The number of nitrogens with one attached hydrogen (secondary N) is 1. The Hall–Kier alpha value is -1.31. The van der Waals surface area contributed by atoms with Crippen molar-refractivity contribution in [2.75, 3.05) is 0 Å². The summed E-state index contributed by atoms with van der Waals surface area (Å²) in [6, 6.07) is 4.25. The number of H-pyrrole nitrogens is 1. The molecule has 2 nitrogen and oxygen atoms in total. The predicted molar refractivity (Wildman–Crippen MR) is 54.9 cm³/mol. The first kappa shape index (κ1) is 8.30. The molecule has 0 aliphatic rings. The summed E-state index contributed by atoms with van der Waals surface area (Å²) in [4.78, 5) is 7.74. The first-order valence-electron chi connectivity index (χ1n) is 4.67. The van der Waals surface area contributed by atoms with Crippen molar-refractivity contribution in [3.63, 3.8) is 0 Å². The van der Waals surface area contributed by atoms with E-state index in [4.69, 9.17) is 0 Å². The lowest BCUT2D eigenvalue weighted by atomic mass is 10.1. The van der Waals surface area contributed by atoms with E-state index in [0.717, 1.165) is 23.3 Å². The Balaban J connectivity index is 2.82. The van der Waals surface area contributed by atoms with Crippen LogP contribution < -0.4 is 0 Å². The highest BCUT2D eigenvalue weighted by atomic mass is 14.9. The number of aryl methyl sites for hydroxylation is 3. The Kier molecular flexibility index (Phi) is 1.83. The van der Waals surface area contributed by atoms with Crippen LogP contribution in [-0.4, -0.2) is 9.97 Å². The van der Waals surface area contributed by atoms with Crippen molar-refractivity contribution < 1.29 is 0 Å². The molecule has 0 atom stereocenters. The first-order valence-corrected chi connectivity index (χ1v) is 4.67. The summed E-state index contributed by atoms with van der Waals surface area (Å²) in [7, 11) is 0. The molecule has 0 saturated heterocycles. The van der Waals surface area contributed by atoms with Crippen LogP contribution in [0.1, 0.15) is 23.9 Å². The second-order valence-electron chi connectivity index (χ2n) is 3.43. The number of aromatic nitrogens is 2. The number of fused-ring (bicyclic) bond motifs is 1. The highest BCUT2D eigenvalue weighted by molar-refractivity contribution is 5.80. The smallest absolute Gasteiger partial charge is 0.104 e. The molecule has 0 amide bonds. The minimum Gasteiger partial charge on any atom is -0.342 e. The van der Waals surface area contributed by atoms with E-state index in [-0.39, 0.29) is 0 Å². The molecule has 2 aromatic rings. The minimum atomic E-state index is 0.996. The summed E-state index contributed by atoms with van der Waals surface area (Å²) >= 11 is 0. The van der Waals surface area contributed by atoms with Crippen molar-refractivity contribution in [1.82, 2.24) is 9.97 Å². The van der Waals surface area contributed by atoms with Gasteiger partial charge in [0, 0.05) is 0 Å². The quantitative estimate of drug-likeness (QED) is 0.707. The number of aromatic amines is 1. The zero-order valence-corrected chi connectivity index (χ0v) is 8.31. The highest BCUT2D eigenvalue weighted by Gasteiger charge is 2.05. The van der Waals surface area contributed by atoms with Gasteiger partial charge in [0.15, 0.2) is 0 Å². The molecule has 2 rings (SSSR count). The molecule has 0 bridgehead atoms. The first-order chi connectivity index (χ1) is 6.22. The normalized spacial score (nSPS) is 11.0. The highest BCUT2D eigenvalue weighted by Crippen LogP contribution is 2.20. The molecule has 0 unspecified atom stereocenters. The molecule has 0 aliphatic heterocycles. The molecular weight excluding hydrogens is 160 g/mol. The van der Waals surface area contributed by atoms with Gasteiger partial charge in [-0.05, 0) is 37.5 Å². The van der Waals surface area contributed by atoms with Crippen molar-refractivity contribution in [3.05, 3.63) is 29.1 Å². The van der Waals surface area contributed by atoms with Crippen molar-refractivity contribution >= 4 is 11.0 Å². The third-order valence-corrected chi connectivity index (χ3v) is 2.47. The van der Waals surface area contributed by atoms with Gasteiger partial charge in [0.05, 0.1) is 11.0 Å². The Labute approximate surface area is 78.0 Å². The Morgan fingerprint density at radius 1 is 1.31 bits per heavy atom. The molecule has 0 fully saturated rings. The van der Waals surface area contributed by atoms with E-state index in [1.165, 1.54) is 11.1 Å². The molecule has 0 aliphatic carbocycles. The van der Waals surface area contributed by atoms with Gasteiger partial charge in [-0.15, -0.1) is 0 Å². The number of imidazole rings is 1. The molecule has 68 valence electrons. The second-order valence-corrected chi connectivity index (χ2v) is 3.43. The van der Waals surface area contributed by atoms with Crippen molar-refractivity contribution in [3.8, 4) is 0 Å². The Bertz CT molecular complexity index is 441. The summed E-state index contributed by atoms with van der Waals surface area (Å²) in [5.74, 6) is 0.996. The molecule has 0 spiro atoms. The maximum Gasteiger partial charge on any atom is 0.104 e. The molecule has 2 heteroatoms. The molecule has 0 saturated carbocycles. The Morgan fingerprint density at radius 2 is 2.08 bits per heavy atom. The van der Waals surface area contributed by atoms with Crippen LogP contribution in [0.5, 0.6) is 0 Å². The lowest BCUT2D eigenvalue weighted by molar-refractivity contribution is 1.11. The summed E-state index contributed by atoms with van der Waals surface area (Å²) in [5, 5.41) is 0. The van der Waals surface area contributed by atoms with Gasteiger partial charge in [-0.25, -0.2) is 4.98 Å². The fraction of sp³-hybridized carbons (Fsp3) is 0.364. The van der Waals surface area contributed by atoms with Crippen molar-refractivity contribution in [2.24, 2.45) is 0 Å². The van der Waals surface area contributed by atoms with Gasteiger partial charge in [0.2, 0.25) is 0 Å². The van der Waals surface area contributed by atoms with E-state index < -0.39 is 0 Å². The van der Waals surface area contributed by atoms with E-state index in [1.54, 1.807) is 0 Å². The monoisotopic (exact) mass is 174 g/mol. The van der Waals surface area contributed by atoms with Gasteiger partial charge in [0.25, 0.3) is 0 Å². The zero-order valence-electron chi connectivity index (χ0n) is 8.31. The largest absolute Gasteiger partial charge is 0.342 e. The van der Waals surface area contributed by atoms with Crippen LogP contribution in [0, 0.1) is 13.8 Å². The third-order valence-electron chi connectivity index (χ3n) is 2.47. The van der Waals surface area contributed by atoms with E-state index in [0.29, 0.717) is 0 Å². The summed E-state index contributed by atoms with van der Waals surface area (Å²) < 4.78 is 0. The molecule has 1 heterocycles.